The molecule has 0 spiro atoms. The first-order valence-electron chi connectivity index (χ1n) is 19.8. The van der Waals surface area contributed by atoms with Crippen LogP contribution < -0.4 is 43.4 Å². The van der Waals surface area contributed by atoms with Crippen LogP contribution in [-0.2, 0) is 33.5 Å². The van der Waals surface area contributed by atoms with E-state index in [0.717, 1.165) is 44.9 Å². The van der Waals surface area contributed by atoms with Gasteiger partial charge in [0.05, 0.1) is 25.2 Å². The number of carbonyl (C=O) groups excluding carboxylic acids is 6. The highest BCUT2D eigenvalue weighted by Crippen LogP contribution is 2.28. The highest BCUT2D eigenvalue weighted by Gasteiger charge is 2.38. The van der Waals surface area contributed by atoms with Gasteiger partial charge in [0.25, 0.3) is 0 Å². The Morgan fingerprint density at radius 1 is 0.925 bits per heavy atom. The van der Waals surface area contributed by atoms with Crippen molar-refractivity contribution in [1.29, 1.82) is 0 Å². The van der Waals surface area contributed by atoms with Crippen LogP contribution in [0.5, 0.6) is 0 Å². The standard InChI is InChI=1S/C37H69N9O7/c1-6-7-8-12-15-30-25(4)37(52)46(5)29(20-24(2)3)35(50)45-32(26-13-10-9-11-14-26)36(51)43-27(21-39)34(49)44-28(33(48)41-18-19-53-30)22-42-31(47)23-40-17-16-38/h24-30,32,40H,6-23,38-39H2,1-5H3,(H,41,48)(H,42,47)(H,43,51)(H,44,49)(H,45,50)/t25-,27+,28+,29+,30-,32+/m1/s1. The van der Waals surface area contributed by atoms with Gasteiger partial charge in [-0.05, 0) is 37.5 Å². The maximum atomic E-state index is 14.2. The second-order valence-electron chi connectivity index (χ2n) is 14.9. The number of rotatable bonds is 15. The van der Waals surface area contributed by atoms with Gasteiger partial charge in [0, 0.05) is 39.8 Å². The summed E-state index contributed by atoms with van der Waals surface area (Å²) in [6.07, 6.45) is 8.64. The third-order valence-electron chi connectivity index (χ3n) is 10.1. The van der Waals surface area contributed by atoms with Crippen molar-refractivity contribution in [3.8, 4) is 0 Å². The lowest BCUT2D eigenvalue weighted by Crippen LogP contribution is -2.62. The molecule has 0 unspecified atom stereocenters. The van der Waals surface area contributed by atoms with Gasteiger partial charge in [-0.1, -0.05) is 72.6 Å². The van der Waals surface area contributed by atoms with Crippen molar-refractivity contribution in [3.63, 3.8) is 0 Å². The number of amides is 6. The third kappa shape index (κ3) is 15.9. The number of nitrogens with zero attached hydrogens (tertiary/aromatic N) is 1. The molecule has 0 aromatic heterocycles. The molecule has 2 aliphatic rings. The fourth-order valence-electron chi connectivity index (χ4n) is 6.95. The van der Waals surface area contributed by atoms with Crippen LogP contribution in [0.1, 0.15) is 98.3 Å². The Labute approximate surface area is 316 Å². The summed E-state index contributed by atoms with van der Waals surface area (Å²) >= 11 is 0. The maximum absolute atomic E-state index is 14.2. The predicted molar refractivity (Wildman–Crippen MR) is 203 cm³/mol. The normalized spacial score (nSPS) is 26.5. The summed E-state index contributed by atoms with van der Waals surface area (Å²) in [7, 11) is 1.63. The molecule has 1 aliphatic heterocycles. The lowest BCUT2D eigenvalue weighted by atomic mass is 9.83. The fraction of sp³-hybridized carbons (Fsp3) is 0.838. The number of likely N-dealkylation sites (N-methyl/N-ethyl adjacent to an activating group) is 1. The lowest BCUT2D eigenvalue weighted by molar-refractivity contribution is -0.147. The van der Waals surface area contributed by atoms with E-state index < -0.39 is 65.7 Å². The van der Waals surface area contributed by atoms with Gasteiger partial charge < -0.3 is 53.0 Å². The number of hydrogen-bond acceptors (Lipinski definition) is 10. The van der Waals surface area contributed by atoms with E-state index in [2.05, 4.69) is 38.8 Å². The molecule has 53 heavy (non-hydrogen) atoms. The topological polar surface area (TPSA) is 239 Å². The Hall–Kier alpha value is -3.34. The summed E-state index contributed by atoms with van der Waals surface area (Å²) in [5.41, 5.74) is 11.5. The fourth-order valence-corrected chi connectivity index (χ4v) is 6.95. The molecular weight excluding hydrogens is 682 g/mol. The van der Waals surface area contributed by atoms with Crippen molar-refractivity contribution in [2.24, 2.45) is 29.2 Å². The molecule has 6 atom stereocenters. The van der Waals surface area contributed by atoms with E-state index >= 15 is 0 Å². The minimum absolute atomic E-state index is 0.0349. The van der Waals surface area contributed by atoms with E-state index in [9.17, 15) is 28.8 Å². The van der Waals surface area contributed by atoms with Crippen molar-refractivity contribution in [3.05, 3.63) is 0 Å². The van der Waals surface area contributed by atoms with Gasteiger partial charge in [-0.2, -0.15) is 0 Å². The molecule has 0 aromatic rings. The quantitative estimate of drug-likeness (QED) is 0.101. The molecule has 10 N–H and O–H groups in total. The molecule has 1 saturated heterocycles. The first-order chi connectivity index (χ1) is 25.3. The highest BCUT2D eigenvalue weighted by molar-refractivity contribution is 5.96. The molecule has 1 saturated carbocycles. The van der Waals surface area contributed by atoms with Gasteiger partial charge >= 0.3 is 0 Å². The lowest BCUT2D eigenvalue weighted by Gasteiger charge is -2.36. The van der Waals surface area contributed by atoms with Gasteiger partial charge in [-0.25, -0.2) is 0 Å². The first-order valence-corrected chi connectivity index (χ1v) is 19.8. The number of nitrogens with two attached hydrogens (primary N) is 2. The van der Waals surface area contributed by atoms with Gasteiger partial charge in [0.15, 0.2) is 0 Å². The van der Waals surface area contributed by atoms with E-state index in [1.54, 1.807) is 14.0 Å². The molecule has 1 aliphatic carbocycles. The van der Waals surface area contributed by atoms with Crippen LogP contribution in [0.4, 0.5) is 0 Å². The molecule has 1 heterocycles. The van der Waals surface area contributed by atoms with Crippen molar-refractivity contribution in [2.45, 2.75) is 129 Å². The summed E-state index contributed by atoms with van der Waals surface area (Å²) in [5, 5.41) is 16.6. The molecule has 16 heteroatoms. The van der Waals surface area contributed by atoms with Crippen molar-refractivity contribution >= 4 is 35.4 Å². The zero-order valence-electron chi connectivity index (χ0n) is 32.8. The smallest absolute Gasteiger partial charge is 0.244 e. The highest BCUT2D eigenvalue weighted by atomic mass is 16.5. The largest absolute Gasteiger partial charge is 0.376 e. The van der Waals surface area contributed by atoms with Crippen molar-refractivity contribution < 1.29 is 33.5 Å². The Bertz CT molecular complexity index is 1170. The summed E-state index contributed by atoms with van der Waals surface area (Å²) in [6.45, 7) is 8.24. The van der Waals surface area contributed by atoms with E-state index in [-0.39, 0.29) is 50.5 Å². The molecule has 304 valence electrons. The molecular formula is C37H69N9O7. The molecule has 2 fully saturated rings. The first kappa shape index (κ1) is 45.8. The van der Waals surface area contributed by atoms with Gasteiger partial charge in [0.2, 0.25) is 35.4 Å². The number of ether oxygens (including phenoxy) is 1. The van der Waals surface area contributed by atoms with Crippen LogP contribution in [0, 0.1) is 17.8 Å². The summed E-state index contributed by atoms with van der Waals surface area (Å²) in [4.78, 5) is 83.2. The average Bonchev–Trinajstić information content (AvgIpc) is 3.14. The maximum Gasteiger partial charge on any atom is 0.244 e. The SMILES string of the molecule is CCCCCC[C@H]1OCCNC(=O)[C@H](CNC(=O)CNCCN)NC(=O)[C@H](CN)NC(=O)[C@H](C2CCCCC2)NC(=O)[C@H](CC(C)C)N(C)C(=O)[C@@H]1C. The van der Waals surface area contributed by atoms with Crippen LogP contribution >= 0.6 is 0 Å². The molecule has 6 amide bonds. The Balaban J connectivity index is 2.49. The second kappa shape index (κ2) is 24.9. The molecule has 2 rings (SSSR count). The predicted octanol–water partition coefficient (Wildman–Crippen LogP) is -0.361. The number of unbranched alkanes of at least 4 members (excludes halogenated alkanes) is 3. The van der Waals surface area contributed by atoms with E-state index in [0.29, 0.717) is 38.8 Å². The van der Waals surface area contributed by atoms with Crippen LogP contribution in [0.25, 0.3) is 0 Å². The second-order valence-corrected chi connectivity index (χ2v) is 14.9. The summed E-state index contributed by atoms with van der Waals surface area (Å²) < 4.78 is 6.26. The van der Waals surface area contributed by atoms with Gasteiger partial charge in [-0.3, -0.25) is 28.8 Å². The monoisotopic (exact) mass is 752 g/mol. The van der Waals surface area contributed by atoms with E-state index in [1.165, 1.54) is 4.90 Å². The van der Waals surface area contributed by atoms with Gasteiger partial charge in [-0.15, -0.1) is 0 Å². The Kier molecular flexibility index (Phi) is 21.5. The summed E-state index contributed by atoms with van der Waals surface area (Å²) in [5.74, 6) is -3.68. The molecule has 16 nitrogen and oxygen atoms in total. The Morgan fingerprint density at radius 3 is 2.26 bits per heavy atom. The van der Waals surface area contributed by atoms with Crippen LogP contribution in [-0.4, -0.2) is 124 Å². The molecule has 0 aromatic carbocycles. The average molecular weight is 752 g/mol. The number of hydrogen-bond donors (Lipinski definition) is 8. The van der Waals surface area contributed by atoms with E-state index in [4.69, 9.17) is 16.2 Å². The van der Waals surface area contributed by atoms with Crippen LogP contribution in [0.3, 0.4) is 0 Å². The zero-order chi connectivity index (χ0) is 39.3. The molecule has 0 bridgehead atoms. The van der Waals surface area contributed by atoms with Crippen molar-refractivity contribution in [1.82, 2.24) is 36.8 Å². The Morgan fingerprint density at radius 2 is 1.62 bits per heavy atom. The van der Waals surface area contributed by atoms with Crippen LogP contribution in [0.2, 0.25) is 0 Å². The van der Waals surface area contributed by atoms with Gasteiger partial charge in [0.1, 0.15) is 24.2 Å². The van der Waals surface area contributed by atoms with E-state index in [1.807, 2.05) is 13.8 Å². The molecule has 0 radical (unpaired) electrons. The van der Waals surface area contributed by atoms with Crippen molar-refractivity contribution in [2.75, 3.05) is 52.9 Å². The third-order valence-corrected chi connectivity index (χ3v) is 10.1. The minimum atomic E-state index is -1.24. The van der Waals surface area contributed by atoms with Crippen LogP contribution in [0.15, 0.2) is 0 Å². The number of carbonyl (C=O) groups is 6. The summed E-state index contributed by atoms with van der Waals surface area (Å²) in [6, 6.07) is -4.27. The number of nitrogens with one attached hydrogen (secondary N) is 6. The zero-order valence-corrected chi connectivity index (χ0v) is 32.8. The minimum Gasteiger partial charge on any atom is -0.376 e.